The number of carbonyl (C=O) groups excluding carboxylic acids is 1. The van der Waals surface area contributed by atoms with Crippen LogP contribution in [-0.2, 0) is 16.1 Å². The molecule has 146 valence electrons. The molecule has 2 aromatic rings. The van der Waals surface area contributed by atoms with E-state index in [4.69, 9.17) is 9.73 Å². The van der Waals surface area contributed by atoms with Gasteiger partial charge in [0.15, 0.2) is 0 Å². The smallest absolute Gasteiger partial charge is 0.338 e. The number of esters is 1. The lowest BCUT2D eigenvalue weighted by molar-refractivity contribution is -0.140. The van der Waals surface area contributed by atoms with Gasteiger partial charge in [-0.1, -0.05) is 49.6 Å². The maximum Gasteiger partial charge on any atom is 0.338 e. The summed E-state index contributed by atoms with van der Waals surface area (Å²) in [5.41, 5.74) is 2.43. The summed E-state index contributed by atoms with van der Waals surface area (Å²) >= 11 is 0. The fourth-order valence-electron chi connectivity index (χ4n) is 4.06. The predicted octanol–water partition coefficient (Wildman–Crippen LogP) is 3.66. The van der Waals surface area contributed by atoms with Crippen molar-refractivity contribution in [1.82, 2.24) is 15.1 Å². The second kappa shape index (κ2) is 8.42. The van der Waals surface area contributed by atoms with Gasteiger partial charge in [-0.05, 0) is 37.3 Å². The zero-order chi connectivity index (χ0) is 19.3. The van der Waals surface area contributed by atoms with E-state index in [-0.39, 0.29) is 18.6 Å². The fourth-order valence-corrected chi connectivity index (χ4v) is 4.06. The summed E-state index contributed by atoms with van der Waals surface area (Å²) in [5, 5.41) is 7.53. The van der Waals surface area contributed by atoms with Gasteiger partial charge in [-0.25, -0.2) is 14.5 Å². The van der Waals surface area contributed by atoms with E-state index in [1.165, 1.54) is 19.3 Å². The maximum absolute atomic E-state index is 13.0. The summed E-state index contributed by atoms with van der Waals surface area (Å²) in [5.74, 6) is 0.737. The maximum atomic E-state index is 13.0. The van der Waals surface area contributed by atoms with Crippen molar-refractivity contribution >= 4 is 11.9 Å². The first-order valence-corrected chi connectivity index (χ1v) is 9.99. The third-order valence-corrected chi connectivity index (χ3v) is 5.51. The van der Waals surface area contributed by atoms with E-state index >= 15 is 0 Å². The molecule has 1 aromatic carbocycles. The Hall–Kier alpha value is -2.89. The number of aliphatic imine (C=N–C) groups is 1. The Balaban J connectivity index is 1.57. The van der Waals surface area contributed by atoms with Crippen LogP contribution in [0.4, 0.5) is 0 Å². The zero-order valence-electron chi connectivity index (χ0n) is 16.2. The van der Waals surface area contributed by atoms with E-state index in [1.807, 2.05) is 49.5 Å². The highest BCUT2D eigenvalue weighted by Gasteiger charge is 2.35. The molecule has 0 spiro atoms. The van der Waals surface area contributed by atoms with E-state index < -0.39 is 0 Å². The molecule has 0 bridgehead atoms. The molecular formula is C22H26N4O2. The third kappa shape index (κ3) is 4.01. The highest BCUT2D eigenvalue weighted by molar-refractivity contribution is 5.95. The van der Waals surface area contributed by atoms with E-state index in [0.717, 1.165) is 24.1 Å². The second-order valence-electron chi connectivity index (χ2n) is 7.47. The quantitative estimate of drug-likeness (QED) is 0.825. The lowest BCUT2D eigenvalue weighted by Crippen LogP contribution is -2.42. The molecule has 1 saturated carbocycles. The van der Waals surface area contributed by atoms with Gasteiger partial charge in [0, 0.05) is 18.1 Å². The highest BCUT2D eigenvalue weighted by Crippen LogP contribution is 2.34. The van der Waals surface area contributed by atoms with Crippen molar-refractivity contribution in [2.24, 2.45) is 10.9 Å². The lowest BCUT2D eigenvalue weighted by atomic mass is 9.80. The van der Waals surface area contributed by atoms with Gasteiger partial charge in [-0.3, -0.25) is 0 Å². The lowest BCUT2D eigenvalue weighted by Gasteiger charge is -2.33. The summed E-state index contributed by atoms with van der Waals surface area (Å²) < 4.78 is 7.37. The number of nitrogens with zero attached hydrogens (tertiary/aromatic N) is 3. The summed E-state index contributed by atoms with van der Waals surface area (Å²) in [7, 11) is 0. The molecule has 0 radical (unpaired) electrons. The molecule has 4 rings (SSSR count). The number of aromatic nitrogens is 2. The highest BCUT2D eigenvalue weighted by atomic mass is 16.5. The minimum atomic E-state index is -0.285. The number of nitrogens with one attached hydrogen (secondary N) is 1. The number of carbonyl (C=O) groups is 1. The van der Waals surface area contributed by atoms with Gasteiger partial charge in [0.1, 0.15) is 6.61 Å². The first-order valence-electron chi connectivity index (χ1n) is 9.99. The number of allylic oxidation sites excluding steroid dienone is 1. The van der Waals surface area contributed by atoms with Crippen LogP contribution in [0.3, 0.4) is 0 Å². The number of rotatable bonds is 4. The first-order chi connectivity index (χ1) is 13.7. The van der Waals surface area contributed by atoms with Gasteiger partial charge in [-0.15, -0.1) is 0 Å². The Bertz CT molecular complexity index is 865. The molecule has 1 aliphatic carbocycles. The zero-order valence-corrected chi connectivity index (χ0v) is 16.2. The molecule has 2 heterocycles. The summed E-state index contributed by atoms with van der Waals surface area (Å²) in [6.07, 6.45) is 9.39. The van der Waals surface area contributed by atoms with Gasteiger partial charge < -0.3 is 10.1 Å². The van der Waals surface area contributed by atoms with Crippen molar-refractivity contribution in [3.8, 4) is 0 Å². The minimum Gasteiger partial charge on any atom is -0.457 e. The molecule has 0 saturated heterocycles. The van der Waals surface area contributed by atoms with E-state index in [1.54, 1.807) is 10.9 Å². The molecule has 28 heavy (non-hydrogen) atoms. The molecule has 6 nitrogen and oxygen atoms in total. The molecule has 1 N–H and O–H groups in total. The Morgan fingerprint density at radius 1 is 1.18 bits per heavy atom. The first kappa shape index (κ1) is 18.5. The van der Waals surface area contributed by atoms with E-state index in [2.05, 4.69) is 10.4 Å². The topological polar surface area (TPSA) is 68.5 Å². The third-order valence-electron chi connectivity index (χ3n) is 5.51. The van der Waals surface area contributed by atoms with E-state index in [0.29, 0.717) is 17.5 Å². The fraction of sp³-hybridized carbons (Fsp3) is 0.409. The summed E-state index contributed by atoms with van der Waals surface area (Å²) in [4.78, 5) is 17.9. The Morgan fingerprint density at radius 2 is 1.96 bits per heavy atom. The number of benzene rings is 1. The van der Waals surface area contributed by atoms with Crippen LogP contribution >= 0.6 is 0 Å². The molecule has 1 unspecified atom stereocenters. The average Bonchev–Trinajstić information content (AvgIpc) is 3.28. The molecule has 0 amide bonds. The standard InChI is InChI=1S/C22H26N4O2/c1-16-19(21(27)28-15-17-9-4-2-5-10-17)20(18-11-6-3-7-12-18)25-22(24-16)26-14-8-13-23-26/h2,4-5,8-10,13-14,18,20H,3,6-7,11-12,15H2,1H3,(H,24,25). The predicted molar refractivity (Wildman–Crippen MR) is 107 cm³/mol. The van der Waals surface area contributed by atoms with Crippen LogP contribution in [0.25, 0.3) is 0 Å². The van der Waals surface area contributed by atoms with Gasteiger partial charge in [0.25, 0.3) is 0 Å². The van der Waals surface area contributed by atoms with Crippen LogP contribution < -0.4 is 5.32 Å². The van der Waals surface area contributed by atoms with Crippen LogP contribution in [-0.4, -0.2) is 27.8 Å². The molecule has 1 aromatic heterocycles. The van der Waals surface area contributed by atoms with Crippen molar-refractivity contribution in [2.45, 2.75) is 51.7 Å². The molecule has 1 aliphatic heterocycles. The Morgan fingerprint density at radius 3 is 2.68 bits per heavy atom. The minimum absolute atomic E-state index is 0.191. The number of ether oxygens (including phenoxy) is 1. The van der Waals surface area contributed by atoms with Gasteiger partial charge >= 0.3 is 5.97 Å². The van der Waals surface area contributed by atoms with Gasteiger partial charge in [-0.2, -0.15) is 5.10 Å². The SMILES string of the molecule is CC1=C(C(=O)OCc2ccccc2)C(C2CCCCC2)N=C(n2cccn2)N1. The Kier molecular flexibility index (Phi) is 5.55. The van der Waals surface area contributed by atoms with E-state index in [9.17, 15) is 4.79 Å². The van der Waals surface area contributed by atoms with Crippen LogP contribution in [0, 0.1) is 5.92 Å². The van der Waals surface area contributed by atoms with Crippen molar-refractivity contribution in [3.05, 3.63) is 65.6 Å². The molecular weight excluding hydrogens is 352 g/mol. The van der Waals surface area contributed by atoms with Crippen LogP contribution in [0.2, 0.25) is 0 Å². The molecule has 6 heteroatoms. The van der Waals surface area contributed by atoms with Crippen molar-refractivity contribution in [3.63, 3.8) is 0 Å². The Labute approximate surface area is 165 Å². The van der Waals surface area contributed by atoms with Crippen molar-refractivity contribution < 1.29 is 9.53 Å². The largest absolute Gasteiger partial charge is 0.457 e. The van der Waals surface area contributed by atoms with Crippen molar-refractivity contribution in [1.29, 1.82) is 0 Å². The summed E-state index contributed by atoms with van der Waals surface area (Å²) in [6, 6.07) is 11.4. The second-order valence-corrected chi connectivity index (χ2v) is 7.47. The molecule has 2 aliphatic rings. The molecule has 1 fully saturated rings. The molecule has 1 atom stereocenters. The van der Waals surface area contributed by atoms with Gasteiger partial charge in [0.2, 0.25) is 5.96 Å². The van der Waals surface area contributed by atoms with Crippen molar-refractivity contribution in [2.75, 3.05) is 0 Å². The van der Waals surface area contributed by atoms with Gasteiger partial charge in [0.05, 0.1) is 11.6 Å². The monoisotopic (exact) mass is 378 g/mol. The number of hydrogen-bond donors (Lipinski definition) is 1. The van der Waals surface area contributed by atoms with Crippen LogP contribution in [0.5, 0.6) is 0 Å². The van der Waals surface area contributed by atoms with Crippen LogP contribution in [0.15, 0.2) is 65.1 Å². The number of hydrogen-bond acceptors (Lipinski definition) is 5. The van der Waals surface area contributed by atoms with Crippen LogP contribution in [0.1, 0.15) is 44.6 Å². The summed E-state index contributed by atoms with van der Waals surface area (Å²) in [6.45, 7) is 2.19. The normalized spacial score (nSPS) is 20.5. The average molecular weight is 378 g/mol.